The fraction of sp³-hybridized carbons (Fsp3) is 0. The van der Waals surface area contributed by atoms with E-state index in [4.69, 9.17) is 9.97 Å². The Bertz CT molecular complexity index is 1290. The number of aliphatic hydroxyl groups is 1. The van der Waals surface area contributed by atoms with Gasteiger partial charge in [0, 0.05) is 21.7 Å². The van der Waals surface area contributed by atoms with Crippen molar-refractivity contribution in [3.8, 4) is 11.4 Å². The molecule has 0 bridgehead atoms. The molecular formula is C24H16N2O. The molecule has 3 nitrogen and oxygen atoms in total. The summed E-state index contributed by atoms with van der Waals surface area (Å²) < 4.78 is 0. The van der Waals surface area contributed by atoms with E-state index in [1.165, 1.54) is 0 Å². The monoisotopic (exact) mass is 348 g/mol. The summed E-state index contributed by atoms with van der Waals surface area (Å²) >= 11 is 0. The zero-order valence-corrected chi connectivity index (χ0v) is 14.5. The Morgan fingerprint density at radius 3 is 2.04 bits per heavy atom. The zero-order valence-electron chi connectivity index (χ0n) is 14.5. The lowest BCUT2D eigenvalue weighted by Gasteiger charge is -2.09. The predicted molar refractivity (Wildman–Crippen MR) is 109 cm³/mol. The molecule has 0 saturated carbocycles. The van der Waals surface area contributed by atoms with E-state index < -0.39 is 0 Å². The van der Waals surface area contributed by atoms with Crippen LogP contribution < -0.4 is 5.22 Å². The van der Waals surface area contributed by atoms with Gasteiger partial charge in [-0.3, -0.25) is 0 Å². The maximum Gasteiger partial charge on any atom is 0.160 e. The van der Waals surface area contributed by atoms with Crippen molar-refractivity contribution in [3.63, 3.8) is 0 Å². The van der Waals surface area contributed by atoms with Crippen LogP contribution >= 0.6 is 0 Å². The van der Waals surface area contributed by atoms with Crippen molar-refractivity contribution < 1.29 is 5.11 Å². The van der Waals surface area contributed by atoms with Crippen molar-refractivity contribution in [3.05, 3.63) is 102 Å². The van der Waals surface area contributed by atoms with Gasteiger partial charge in [0.1, 0.15) is 5.76 Å². The third-order valence-corrected chi connectivity index (χ3v) is 4.78. The second-order valence-electron chi connectivity index (χ2n) is 6.46. The molecule has 0 spiro atoms. The molecule has 0 fully saturated rings. The highest BCUT2D eigenvalue weighted by Crippen LogP contribution is 2.26. The van der Waals surface area contributed by atoms with E-state index in [1.807, 2.05) is 91.0 Å². The summed E-state index contributed by atoms with van der Waals surface area (Å²) in [6.45, 7) is 0. The van der Waals surface area contributed by atoms with Crippen LogP contribution in [0.25, 0.3) is 39.0 Å². The van der Waals surface area contributed by atoms with Gasteiger partial charge in [0.05, 0.1) is 11.0 Å². The van der Waals surface area contributed by atoms with Crippen LogP contribution in [0.15, 0.2) is 91.0 Å². The molecule has 4 aromatic carbocycles. The van der Waals surface area contributed by atoms with E-state index >= 15 is 0 Å². The van der Waals surface area contributed by atoms with Crippen molar-refractivity contribution in [2.24, 2.45) is 0 Å². The number of benzene rings is 4. The van der Waals surface area contributed by atoms with Crippen molar-refractivity contribution in [2.45, 2.75) is 0 Å². The smallest absolute Gasteiger partial charge is 0.160 e. The highest BCUT2D eigenvalue weighted by molar-refractivity contribution is 6.08. The number of rotatable bonds is 2. The lowest BCUT2D eigenvalue weighted by molar-refractivity contribution is 0.508. The summed E-state index contributed by atoms with van der Waals surface area (Å²) in [7, 11) is 0. The predicted octanol–water partition coefficient (Wildman–Crippen LogP) is 4.88. The highest BCUT2D eigenvalue weighted by atomic mass is 16.3. The van der Waals surface area contributed by atoms with Crippen LogP contribution in [0, 0.1) is 0 Å². The maximum absolute atomic E-state index is 10.8. The summed E-state index contributed by atoms with van der Waals surface area (Å²) in [6, 6.07) is 29.4. The van der Waals surface area contributed by atoms with Crippen LogP contribution in [-0.2, 0) is 0 Å². The lowest BCUT2D eigenvalue weighted by Crippen LogP contribution is -2.09. The normalized spacial score (nSPS) is 12.4. The second kappa shape index (κ2) is 6.22. The summed E-state index contributed by atoms with van der Waals surface area (Å²) in [5, 5.41) is 13.5. The second-order valence-corrected chi connectivity index (χ2v) is 6.46. The first-order valence-electron chi connectivity index (χ1n) is 8.84. The number of aromatic nitrogens is 2. The quantitative estimate of drug-likeness (QED) is 0.494. The van der Waals surface area contributed by atoms with Crippen molar-refractivity contribution in [2.75, 3.05) is 0 Å². The van der Waals surface area contributed by atoms with Crippen LogP contribution in [0.4, 0.5) is 0 Å². The standard InChI is InChI=1S/C24H16N2O/c27-23(16-8-3-1-4-9-16)19-14-15-21-22-18(19)12-7-13-20(22)25-24(26-21)17-10-5-2-6-11-17/h1-15,27H/b23-19+. The molecule has 128 valence electrons. The first-order valence-corrected chi connectivity index (χ1v) is 8.84. The molecule has 0 aliphatic carbocycles. The highest BCUT2D eigenvalue weighted by Gasteiger charge is 2.11. The number of hydrogen-bond donors (Lipinski definition) is 1. The molecule has 5 rings (SSSR count). The minimum atomic E-state index is 0.261. The molecule has 0 amide bonds. The number of aliphatic hydroxyl groups excluding tert-OH is 1. The average molecular weight is 348 g/mol. The van der Waals surface area contributed by atoms with Gasteiger partial charge in [0.15, 0.2) is 5.82 Å². The third-order valence-electron chi connectivity index (χ3n) is 4.78. The summed E-state index contributed by atoms with van der Waals surface area (Å²) in [4.78, 5) is 9.53. The fourth-order valence-corrected chi connectivity index (χ4v) is 3.48. The Morgan fingerprint density at radius 1 is 0.630 bits per heavy atom. The van der Waals surface area contributed by atoms with Crippen molar-refractivity contribution in [1.82, 2.24) is 9.97 Å². The Morgan fingerprint density at radius 2 is 1.30 bits per heavy atom. The first-order chi connectivity index (χ1) is 13.3. The van der Waals surface area contributed by atoms with Crippen LogP contribution in [0.2, 0.25) is 0 Å². The van der Waals surface area contributed by atoms with E-state index in [-0.39, 0.29) is 5.76 Å². The molecule has 1 N–H and O–H groups in total. The van der Waals surface area contributed by atoms with E-state index in [0.717, 1.165) is 38.2 Å². The molecule has 0 atom stereocenters. The van der Waals surface area contributed by atoms with Crippen LogP contribution in [-0.4, -0.2) is 15.1 Å². The van der Waals surface area contributed by atoms with Gasteiger partial charge in [-0.05, 0) is 23.6 Å². The van der Waals surface area contributed by atoms with Gasteiger partial charge in [-0.1, -0.05) is 72.8 Å². The fourth-order valence-electron chi connectivity index (χ4n) is 3.48. The van der Waals surface area contributed by atoms with Gasteiger partial charge in [0.2, 0.25) is 0 Å². The molecule has 3 heteroatoms. The Hall–Kier alpha value is -3.72. The van der Waals surface area contributed by atoms with Gasteiger partial charge >= 0.3 is 0 Å². The topological polar surface area (TPSA) is 46.0 Å². The summed E-state index contributed by atoms with van der Waals surface area (Å²) in [5.41, 5.74) is 3.53. The maximum atomic E-state index is 10.8. The van der Waals surface area contributed by atoms with Gasteiger partial charge in [-0.25, -0.2) is 9.97 Å². The molecule has 5 aromatic rings. The molecule has 1 aromatic heterocycles. The first kappa shape index (κ1) is 15.5. The van der Waals surface area contributed by atoms with E-state index in [1.54, 1.807) is 0 Å². The van der Waals surface area contributed by atoms with Gasteiger partial charge in [0.25, 0.3) is 0 Å². The van der Waals surface area contributed by atoms with Gasteiger partial charge in [-0.2, -0.15) is 0 Å². The molecule has 0 saturated heterocycles. The zero-order chi connectivity index (χ0) is 18.2. The minimum Gasteiger partial charge on any atom is -0.507 e. The Labute approximate surface area is 156 Å². The van der Waals surface area contributed by atoms with E-state index in [0.29, 0.717) is 5.82 Å². The Kier molecular flexibility index (Phi) is 3.58. The van der Waals surface area contributed by atoms with E-state index in [9.17, 15) is 5.11 Å². The molecule has 0 aliphatic rings. The van der Waals surface area contributed by atoms with Gasteiger partial charge in [-0.15, -0.1) is 0 Å². The SMILES string of the molecule is O/C(c1ccccc1)=c1\ccc2nc(-c3ccccc3)nc3cccc1c32. The third kappa shape index (κ3) is 2.61. The molecule has 0 unspecified atom stereocenters. The Balaban J connectivity index is 1.83. The molecule has 0 radical (unpaired) electrons. The molecular weight excluding hydrogens is 332 g/mol. The van der Waals surface area contributed by atoms with Gasteiger partial charge < -0.3 is 5.11 Å². The minimum absolute atomic E-state index is 0.261. The molecule has 27 heavy (non-hydrogen) atoms. The molecule has 1 heterocycles. The van der Waals surface area contributed by atoms with Crippen molar-refractivity contribution >= 4 is 27.6 Å². The largest absolute Gasteiger partial charge is 0.507 e. The van der Waals surface area contributed by atoms with Crippen molar-refractivity contribution in [1.29, 1.82) is 0 Å². The lowest BCUT2D eigenvalue weighted by atomic mass is 10.0. The van der Waals surface area contributed by atoms with Crippen LogP contribution in [0.5, 0.6) is 0 Å². The average Bonchev–Trinajstić information content (AvgIpc) is 2.75. The van der Waals surface area contributed by atoms with Crippen LogP contribution in [0.3, 0.4) is 0 Å². The summed E-state index contributed by atoms with van der Waals surface area (Å²) in [5.74, 6) is 0.969. The number of nitrogens with zero attached hydrogens (tertiary/aromatic N) is 2. The van der Waals surface area contributed by atoms with E-state index in [2.05, 4.69) is 0 Å². The van der Waals surface area contributed by atoms with Crippen LogP contribution in [0.1, 0.15) is 5.56 Å². The molecule has 0 aliphatic heterocycles. The number of hydrogen-bond acceptors (Lipinski definition) is 3. The summed E-state index contributed by atoms with van der Waals surface area (Å²) in [6.07, 6.45) is 0.